The molecule has 0 saturated heterocycles. The van der Waals surface area contributed by atoms with E-state index >= 15 is 0 Å². The first kappa shape index (κ1) is 4.99. The topological polar surface area (TPSA) is 49.3 Å². The summed E-state index contributed by atoms with van der Waals surface area (Å²) >= 11 is 0. The van der Waals surface area contributed by atoms with E-state index in [4.69, 9.17) is 5.11 Å². The third-order valence-electron chi connectivity index (χ3n) is 0.435. The van der Waals surface area contributed by atoms with E-state index in [2.05, 4.69) is 4.72 Å². The van der Waals surface area contributed by atoms with Gasteiger partial charge in [-0.3, -0.25) is 4.72 Å². The van der Waals surface area contributed by atoms with Crippen molar-refractivity contribution >= 4 is 20.8 Å². The maximum Gasteiger partial charge on any atom is 0.204 e. The molecule has 0 aromatic rings. The molecule has 7 heavy (non-hydrogen) atoms. The maximum atomic E-state index is 10.2. The van der Waals surface area contributed by atoms with E-state index in [1.54, 1.807) is 0 Å². The zero-order valence-electron chi connectivity index (χ0n) is 3.25. The molecule has 1 heterocycles. The van der Waals surface area contributed by atoms with Crippen molar-refractivity contribution in [3.05, 3.63) is 11.3 Å². The van der Waals surface area contributed by atoms with Crippen molar-refractivity contribution in [1.29, 1.82) is 0 Å². The minimum Gasteiger partial charge on any atom is -0.494 e. The Labute approximate surface area is 46.8 Å². The van der Waals surface area contributed by atoms with Crippen LogP contribution in [0.15, 0.2) is 11.3 Å². The normalized spacial score (nSPS) is 29.1. The van der Waals surface area contributed by atoms with E-state index in [-0.39, 0.29) is 5.88 Å². The van der Waals surface area contributed by atoms with Crippen molar-refractivity contribution in [2.75, 3.05) is 0 Å². The van der Waals surface area contributed by atoms with Crippen LogP contribution in [0.2, 0.25) is 0 Å². The Hall–Kier alpha value is -0.160. The summed E-state index contributed by atoms with van der Waals surface area (Å²) in [5.41, 5.74) is 0. The third-order valence-corrected chi connectivity index (χ3v) is 2.37. The first-order valence-corrected chi connectivity index (χ1v) is 4.08. The average molecular weight is 137 g/mol. The van der Waals surface area contributed by atoms with Crippen LogP contribution in [0.4, 0.5) is 0 Å². The summed E-state index contributed by atoms with van der Waals surface area (Å²) in [6.07, 6.45) is 0. The van der Waals surface area contributed by atoms with E-state index in [1.807, 2.05) is 0 Å². The summed E-state index contributed by atoms with van der Waals surface area (Å²) < 4.78 is 12.5. The Balaban J connectivity index is 2.58. The summed E-state index contributed by atoms with van der Waals surface area (Å²) in [5.74, 6) is -0.0108. The highest BCUT2D eigenvalue weighted by molar-refractivity contribution is 8.70. The number of hydrogen-bond acceptors (Lipinski definition) is 3. The highest BCUT2D eigenvalue weighted by Gasteiger charge is 2.07. The van der Waals surface area contributed by atoms with Gasteiger partial charge in [0.05, 0.1) is 0 Å². The van der Waals surface area contributed by atoms with Crippen LogP contribution >= 0.6 is 10.8 Å². The van der Waals surface area contributed by atoms with Crippen LogP contribution in [0.1, 0.15) is 0 Å². The Morgan fingerprint density at radius 2 is 2.71 bits per heavy atom. The number of rotatable bonds is 0. The van der Waals surface area contributed by atoms with Gasteiger partial charge in [0.1, 0.15) is 0 Å². The second kappa shape index (κ2) is 1.75. The molecule has 0 radical (unpaired) electrons. The fourth-order valence-corrected chi connectivity index (χ4v) is 1.75. The lowest BCUT2D eigenvalue weighted by atomic mass is 11.0. The molecule has 0 amide bonds. The Morgan fingerprint density at radius 1 is 2.00 bits per heavy atom. The second-order valence-electron chi connectivity index (χ2n) is 0.936. The smallest absolute Gasteiger partial charge is 0.204 e. The van der Waals surface area contributed by atoms with Gasteiger partial charge in [-0.25, -0.2) is 4.21 Å². The van der Waals surface area contributed by atoms with Gasteiger partial charge in [-0.05, 0) is 10.8 Å². The van der Waals surface area contributed by atoms with Crippen LogP contribution in [0.25, 0.3) is 0 Å². The second-order valence-corrected chi connectivity index (χ2v) is 3.52. The highest BCUT2D eigenvalue weighted by atomic mass is 33.1. The zero-order valence-corrected chi connectivity index (χ0v) is 4.88. The number of nitrogens with one attached hydrogen (secondary N) is 1. The quantitative estimate of drug-likeness (QED) is 0.471. The summed E-state index contributed by atoms with van der Waals surface area (Å²) in [5, 5.41) is 9.83. The highest BCUT2D eigenvalue weighted by Crippen LogP contribution is 2.15. The SMILES string of the molecule is O=S1NC(O)=CS1. The van der Waals surface area contributed by atoms with Crippen LogP contribution in [0.3, 0.4) is 0 Å². The van der Waals surface area contributed by atoms with E-state index in [9.17, 15) is 4.21 Å². The van der Waals surface area contributed by atoms with Crippen LogP contribution in [-0.2, 0) is 10.0 Å². The zero-order chi connectivity index (χ0) is 5.28. The van der Waals surface area contributed by atoms with Crippen molar-refractivity contribution < 1.29 is 9.32 Å². The molecule has 40 valence electrons. The predicted molar refractivity (Wildman–Crippen MR) is 29.6 cm³/mol. The molecule has 1 aliphatic heterocycles. The molecule has 1 rings (SSSR count). The van der Waals surface area contributed by atoms with Crippen LogP contribution in [0.5, 0.6) is 0 Å². The molecule has 5 heteroatoms. The van der Waals surface area contributed by atoms with Crippen LogP contribution in [-0.4, -0.2) is 9.32 Å². The number of hydrogen-bond donors (Lipinski definition) is 2. The molecule has 1 unspecified atom stereocenters. The molecule has 0 aromatic heterocycles. The first-order valence-electron chi connectivity index (χ1n) is 1.54. The lowest BCUT2D eigenvalue weighted by Crippen LogP contribution is -2.05. The Kier molecular flexibility index (Phi) is 1.25. The fourth-order valence-electron chi connectivity index (χ4n) is 0.223. The lowest BCUT2D eigenvalue weighted by molar-refractivity contribution is 0.396. The average Bonchev–Trinajstić information content (AvgIpc) is 1.87. The van der Waals surface area contributed by atoms with Gasteiger partial charge in [0.2, 0.25) is 5.88 Å². The molecule has 0 bridgehead atoms. The predicted octanol–water partition coefficient (Wildman–Crippen LogP) is 0.258. The Bertz CT molecular complexity index is 132. The van der Waals surface area contributed by atoms with Crippen LogP contribution in [0, 0.1) is 0 Å². The molecule has 0 aliphatic carbocycles. The molecule has 1 aliphatic rings. The van der Waals surface area contributed by atoms with Gasteiger partial charge in [-0.15, -0.1) is 0 Å². The largest absolute Gasteiger partial charge is 0.494 e. The molecule has 0 spiro atoms. The molecule has 0 saturated carbocycles. The van der Waals surface area contributed by atoms with E-state index in [0.29, 0.717) is 0 Å². The van der Waals surface area contributed by atoms with Crippen molar-refractivity contribution in [3.8, 4) is 0 Å². The van der Waals surface area contributed by atoms with Gasteiger partial charge in [0, 0.05) is 5.41 Å². The summed E-state index contributed by atoms with van der Waals surface area (Å²) in [6, 6.07) is 0. The van der Waals surface area contributed by atoms with Crippen molar-refractivity contribution in [3.63, 3.8) is 0 Å². The molecule has 1 atom stereocenters. The fraction of sp³-hybridized carbons (Fsp3) is 0. The van der Waals surface area contributed by atoms with Crippen molar-refractivity contribution in [2.24, 2.45) is 0 Å². The molecule has 0 aromatic carbocycles. The minimum absolute atomic E-state index is 0.0108. The summed E-state index contributed by atoms with van der Waals surface area (Å²) in [6.45, 7) is 0. The van der Waals surface area contributed by atoms with Gasteiger partial charge >= 0.3 is 0 Å². The van der Waals surface area contributed by atoms with Gasteiger partial charge in [-0.1, -0.05) is 0 Å². The third kappa shape index (κ3) is 1.10. The molecular weight excluding hydrogens is 134 g/mol. The van der Waals surface area contributed by atoms with E-state index in [0.717, 1.165) is 10.8 Å². The summed E-state index contributed by atoms with van der Waals surface area (Å²) in [7, 11) is -0.0745. The van der Waals surface area contributed by atoms with E-state index in [1.165, 1.54) is 5.41 Å². The van der Waals surface area contributed by atoms with Gasteiger partial charge in [0.25, 0.3) is 0 Å². The molecule has 0 fully saturated rings. The number of aliphatic hydroxyl groups is 1. The maximum absolute atomic E-state index is 10.2. The van der Waals surface area contributed by atoms with Crippen LogP contribution < -0.4 is 4.72 Å². The first-order chi connectivity index (χ1) is 3.29. The summed E-state index contributed by atoms with van der Waals surface area (Å²) in [4.78, 5) is 0. The van der Waals surface area contributed by atoms with Gasteiger partial charge in [-0.2, -0.15) is 0 Å². The molecule has 2 N–H and O–H groups in total. The molecular formula is C2H3NO2S2. The van der Waals surface area contributed by atoms with Gasteiger partial charge < -0.3 is 5.11 Å². The Morgan fingerprint density at radius 3 is 2.86 bits per heavy atom. The monoisotopic (exact) mass is 137 g/mol. The van der Waals surface area contributed by atoms with Gasteiger partial charge in [0.15, 0.2) is 10.0 Å². The van der Waals surface area contributed by atoms with Crippen molar-refractivity contribution in [1.82, 2.24) is 4.72 Å². The lowest BCUT2D eigenvalue weighted by Gasteiger charge is -1.86. The van der Waals surface area contributed by atoms with E-state index < -0.39 is 10.0 Å². The molecule has 3 nitrogen and oxygen atoms in total. The van der Waals surface area contributed by atoms with Crippen molar-refractivity contribution in [2.45, 2.75) is 0 Å². The standard InChI is InChI=1S/C2H3NO2S2/c4-2-1-6-7(5)3-2/h1,3-4H. The number of aliphatic hydroxyl groups excluding tert-OH is 1. The minimum atomic E-state index is -1.13.